The Labute approximate surface area is 232 Å². The van der Waals surface area contributed by atoms with Crippen LogP contribution < -0.4 is 29.2 Å². The van der Waals surface area contributed by atoms with Gasteiger partial charge in [-0.25, -0.2) is 14.5 Å². The normalized spacial score (nSPS) is 15.3. The summed E-state index contributed by atoms with van der Waals surface area (Å²) in [5.41, 5.74) is 1.09. The van der Waals surface area contributed by atoms with Crippen LogP contribution in [0.15, 0.2) is 60.2 Å². The van der Waals surface area contributed by atoms with Crippen LogP contribution in [0.1, 0.15) is 28.4 Å². The van der Waals surface area contributed by atoms with Gasteiger partial charge in [-0.2, -0.15) is 0 Å². The number of carbonyl (C=O) groups is 4. The number of hydrogen-bond donors (Lipinski definition) is 2. The van der Waals surface area contributed by atoms with Gasteiger partial charge < -0.3 is 24.1 Å². The van der Waals surface area contributed by atoms with E-state index in [-0.39, 0.29) is 53.4 Å². The molecule has 1 fully saturated rings. The van der Waals surface area contributed by atoms with Crippen LogP contribution in [0.4, 0.5) is 10.5 Å². The van der Waals surface area contributed by atoms with E-state index in [0.29, 0.717) is 22.6 Å². The van der Waals surface area contributed by atoms with Gasteiger partial charge in [-0.05, 0) is 60.5 Å². The first-order valence-electron chi connectivity index (χ1n) is 12.0. The molecule has 12 heteroatoms. The minimum absolute atomic E-state index is 0.0161. The highest BCUT2D eigenvalue weighted by atomic mass is 35.5. The monoisotopic (exact) mass is 564 g/mol. The van der Waals surface area contributed by atoms with E-state index in [0.717, 1.165) is 4.90 Å². The Balaban J connectivity index is 1.42. The number of nitrogens with zero attached hydrogens (tertiary/aromatic N) is 1. The summed E-state index contributed by atoms with van der Waals surface area (Å²) in [7, 11) is 0. The molecule has 11 nitrogen and oxygen atoms in total. The van der Waals surface area contributed by atoms with Crippen LogP contribution in [0, 0.1) is 0 Å². The Morgan fingerprint density at radius 3 is 2.52 bits per heavy atom. The number of carbonyl (C=O) groups excluding carboxylic acids is 3. The third-order valence-corrected chi connectivity index (χ3v) is 6.22. The van der Waals surface area contributed by atoms with Crippen molar-refractivity contribution in [2.75, 3.05) is 18.3 Å². The van der Waals surface area contributed by atoms with Crippen LogP contribution >= 0.6 is 11.6 Å². The lowest BCUT2D eigenvalue weighted by Gasteiger charge is -2.26. The summed E-state index contributed by atoms with van der Waals surface area (Å²) in [5, 5.41) is 11.4. The summed E-state index contributed by atoms with van der Waals surface area (Å²) >= 11 is 6.51. The van der Waals surface area contributed by atoms with E-state index in [1.807, 2.05) is 0 Å². The maximum Gasteiger partial charge on any atom is 0.335 e. The van der Waals surface area contributed by atoms with Gasteiger partial charge >= 0.3 is 12.0 Å². The average Bonchev–Trinajstić information content (AvgIpc) is 3.39. The van der Waals surface area contributed by atoms with Gasteiger partial charge in [-0.1, -0.05) is 23.7 Å². The molecule has 0 radical (unpaired) electrons. The number of fused-ring (bicyclic) bond motifs is 1. The Morgan fingerprint density at radius 2 is 1.80 bits per heavy atom. The zero-order valence-corrected chi connectivity index (χ0v) is 21.7. The number of anilines is 1. The van der Waals surface area contributed by atoms with Crippen molar-refractivity contribution in [3.63, 3.8) is 0 Å². The molecule has 2 heterocycles. The quantitative estimate of drug-likeness (QED) is 0.300. The molecule has 0 aliphatic carbocycles. The number of aromatic carboxylic acids is 1. The van der Waals surface area contributed by atoms with Gasteiger partial charge in [0, 0.05) is 6.07 Å². The highest BCUT2D eigenvalue weighted by Gasteiger charge is 2.37. The Hall–Kier alpha value is -5.03. The molecule has 0 bridgehead atoms. The van der Waals surface area contributed by atoms with Gasteiger partial charge in [0.15, 0.2) is 23.0 Å². The first-order chi connectivity index (χ1) is 19.2. The van der Waals surface area contributed by atoms with Crippen LogP contribution in [-0.2, 0) is 16.2 Å². The predicted molar refractivity (Wildman–Crippen MR) is 142 cm³/mol. The van der Waals surface area contributed by atoms with Gasteiger partial charge in [0.2, 0.25) is 6.79 Å². The SMILES string of the molecule is CCOc1cc(/C=C2\C(=O)NC(=O)N(c3ccc4c(c3)OCO4)C2=O)cc(Cl)c1OCc1ccc(C(=O)O)cc1. The minimum Gasteiger partial charge on any atom is -0.490 e. The van der Waals surface area contributed by atoms with E-state index < -0.39 is 23.8 Å². The molecule has 204 valence electrons. The van der Waals surface area contributed by atoms with E-state index in [1.54, 1.807) is 31.2 Å². The van der Waals surface area contributed by atoms with Crippen molar-refractivity contribution < 1.29 is 43.2 Å². The summed E-state index contributed by atoms with van der Waals surface area (Å²) in [4.78, 5) is 50.4. The topological polar surface area (TPSA) is 141 Å². The molecule has 0 saturated carbocycles. The van der Waals surface area contributed by atoms with E-state index >= 15 is 0 Å². The Morgan fingerprint density at radius 1 is 1.05 bits per heavy atom. The minimum atomic E-state index is -1.03. The molecule has 0 unspecified atom stereocenters. The molecule has 2 N–H and O–H groups in total. The molecule has 5 rings (SSSR count). The number of rotatable bonds is 8. The number of hydrogen-bond acceptors (Lipinski definition) is 8. The molecule has 2 aliphatic heterocycles. The van der Waals surface area contributed by atoms with E-state index in [4.69, 9.17) is 35.7 Å². The number of nitrogens with one attached hydrogen (secondary N) is 1. The summed E-state index contributed by atoms with van der Waals surface area (Å²) in [6.07, 6.45) is 1.30. The molecule has 3 aromatic rings. The summed E-state index contributed by atoms with van der Waals surface area (Å²) in [6, 6.07) is 12.8. The van der Waals surface area contributed by atoms with Crippen molar-refractivity contribution in [1.82, 2.24) is 5.32 Å². The van der Waals surface area contributed by atoms with Gasteiger partial charge in [-0.3, -0.25) is 14.9 Å². The second-order valence-corrected chi connectivity index (χ2v) is 8.96. The van der Waals surface area contributed by atoms with E-state index in [2.05, 4.69) is 5.32 Å². The molecule has 0 spiro atoms. The average molecular weight is 565 g/mol. The lowest BCUT2D eigenvalue weighted by molar-refractivity contribution is -0.122. The van der Waals surface area contributed by atoms with Crippen LogP contribution in [0.25, 0.3) is 6.08 Å². The molecule has 3 aromatic carbocycles. The van der Waals surface area contributed by atoms with Crippen molar-refractivity contribution in [3.05, 3.63) is 81.9 Å². The first kappa shape index (κ1) is 26.6. The van der Waals surface area contributed by atoms with E-state index in [1.165, 1.54) is 36.4 Å². The molecular formula is C28H21ClN2O9. The summed E-state index contributed by atoms with van der Waals surface area (Å²) in [5.74, 6) is -1.42. The number of amides is 4. The van der Waals surface area contributed by atoms with Crippen molar-refractivity contribution in [2.45, 2.75) is 13.5 Å². The number of urea groups is 1. The fourth-order valence-corrected chi connectivity index (χ4v) is 4.33. The van der Waals surface area contributed by atoms with Crippen LogP contribution in [-0.4, -0.2) is 42.3 Å². The fraction of sp³-hybridized carbons (Fsp3) is 0.143. The number of barbiturate groups is 1. The maximum absolute atomic E-state index is 13.3. The number of halogens is 1. The number of benzene rings is 3. The molecule has 1 saturated heterocycles. The van der Waals surface area contributed by atoms with Crippen molar-refractivity contribution in [3.8, 4) is 23.0 Å². The van der Waals surface area contributed by atoms with Gasteiger partial charge in [0.25, 0.3) is 11.8 Å². The highest BCUT2D eigenvalue weighted by Crippen LogP contribution is 2.39. The van der Waals surface area contributed by atoms with Crippen LogP contribution in [0.3, 0.4) is 0 Å². The molecule has 4 amide bonds. The maximum atomic E-state index is 13.3. The second-order valence-electron chi connectivity index (χ2n) is 8.55. The molecule has 2 aliphatic rings. The van der Waals surface area contributed by atoms with Crippen molar-refractivity contribution >= 4 is 47.2 Å². The zero-order chi connectivity index (χ0) is 28.4. The summed E-state index contributed by atoms with van der Waals surface area (Å²) < 4.78 is 22.2. The van der Waals surface area contributed by atoms with Gasteiger partial charge in [0.05, 0.1) is 22.9 Å². The first-order valence-corrected chi connectivity index (χ1v) is 12.4. The summed E-state index contributed by atoms with van der Waals surface area (Å²) in [6.45, 7) is 2.13. The predicted octanol–water partition coefficient (Wildman–Crippen LogP) is 4.41. The molecule has 0 aromatic heterocycles. The van der Waals surface area contributed by atoms with E-state index in [9.17, 15) is 19.2 Å². The Bertz CT molecular complexity index is 1570. The van der Waals surface area contributed by atoms with Crippen molar-refractivity contribution in [1.29, 1.82) is 0 Å². The number of carboxylic acid groups (broad SMARTS) is 1. The third-order valence-electron chi connectivity index (χ3n) is 5.94. The third kappa shape index (κ3) is 5.27. The highest BCUT2D eigenvalue weighted by molar-refractivity contribution is 6.39. The Kier molecular flexibility index (Phi) is 7.30. The van der Waals surface area contributed by atoms with Crippen LogP contribution in [0.5, 0.6) is 23.0 Å². The fourth-order valence-electron chi connectivity index (χ4n) is 4.06. The second kappa shape index (κ2) is 11.0. The van der Waals surface area contributed by atoms with Crippen molar-refractivity contribution in [2.24, 2.45) is 0 Å². The smallest absolute Gasteiger partial charge is 0.335 e. The number of imide groups is 2. The molecule has 40 heavy (non-hydrogen) atoms. The van der Waals surface area contributed by atoms with Gasteiger partial charge in [-0.15, -0.1) is 0 Å². The van der Waals surface area contributed by atoms with Crippen LogP contribution in [0.2, 0.25) is 5.02 Å². The zero-order valence-electron chi connectivity index (χ0n) is 20.9. The lowest BCUT2D eigenvalue weighted by Crippen LogP contribution is -2.54. The van der Waals surface area contributed by atoms with Gasteiger partial charge in [0.1, 0.15) is 12.2 Å². The standard InChI is InChI=1S/C28H21ClN2O9/c1-2-37-23-11-16(10-20(29)24(23)38-13-15-3-5-17(6-4-15)27(34)35)9-19-25(32)30-28(36)31(26(19)33)18-7-8-21-22(12-18)40-14-39-21/h3-12H,2,13-14H2,1H3,(H,34,35)(H,30,32,36)/b19-9+. The number of ether oxygens (including phenoxy) is 4. The molecular weight excluding hydrogens is 544 g/mol. The lowest BCUT2D eigenvalue weighted by atomic mass is 10.1. The largest absolute Gasteiger partial charge is 0.490 e. The molecule has 0 atom stereocenters. The number of carboxylic acids is 1.